The molecule has 0 radical (unpaired) electrons. The van der Waals surface area contributed by atoms with Crippen LogP contribution in [0.2, 0.25) is 0 Å². The van der Waals surface area contributed by atoms with Crippen LogP contribution in [-0.2, 0) is 11.3 Å². The van der Waals surface area contributed by atoms with Gasteiger partial charge in [-0.2, -0.15) is 0 Å². The lowest BCUT2D eigenvalue weighted by Gasteiger charge is -2.25. The highest BCUT2D eigenvalue weighted by atomic mass is 16.5. The summed E-state index contributed by atoms with van der Waals surface area (Å²) in [6.45, 7) is 8.33. The van der Waals surface area contributed by atoms with E-state index in [1.165, 1.54) is 9.47 Å². The molecule has 0 saturated carbocycles. The van der Waals surface area contributed by atoms with E-state index < -0.39 is 17.2 Å². The predicted molar refractivity (Wildman–Crippen MR) is 139 cm³/mol. The van der Waals surface area contributed by atoms with Crippen molar-refractivity contribution in [1.82, 2.24) is 9.55 Å². The van der Waals surface area contributed by atoms with Gasteiger partial charge in [-0.05, 0) is 35.4 Å². The van der Waals surface area contributed by atoms with Crippen molar-refractivity contribution in [3.8, 4) is 5.75 Å². The Morgan fingerprint density at radius 2 is 1.69 bits per heavy atom. The Hall–Kier alpha value is -3.81. The third kappa shape index (κ3) is 6.41. The summed E-state index contributed by atoms with van der Waals surface area (Å²) in [6, 6.07) is 16.9. The van der Waals surface area contributed by atoms with Crippen LogP contribution in [0.3, 0.4) is 0 Å². The van der Waals surface area contributed by atoms with E-state index in [0.717, 1.165) is 11.1 Å². The van der Waals surface area contributed by atoms with Crippen molar-refractivity contribution in [3.05, 3.63) is 86.6 Å². The summed E-state index contributed by atoms with van der Waals surface area (Å²) in [4.78, 5) is 42.5. The molecule has 1 aromatic heterocycles. The Labute approximate surface area is 205 Å². The first-order valence-electron chi connectivity index (χ1n) is 11.9. The van der Waals surface area contributed by atoms with Crippen LogP contribution in [0, 0.1) is 5.92 Å². The SMILES string of the molecule is CC(C)CCN(C(=O)COc1ccccc1C(C)C)c1c(N)n(Cc2ccccc2)c(=O)[nH]c1=O. The van der Waals surface area contributed by atoms with Crippen molar-refractivity contribution >= 4 is 17.4 Å². The molecular weight excluding hydrogens is 444 g/mol. The summed E-state index contributed by atoms with van der Waals surface area (Å²) < 4.78 is 7.16. The number of amides is 1. The number of nitrogens with zero attached hydrogens (tertiary/aromatic N) is 2. The maximum atomic E-state index is 13.4. The Kier molecular flexibility index (Phi) is 8.52. The molecule has 0 saturated heterocycles. The van der Waals surface area contributed by atoms with Crippen molar-refractivity contribution in [1.29, 1.82) is 0 Å². The van der Waals surface area contributed by atoms with Gasteiger partial charge >= 0.3 is 5.69 Å². The lowest BCUT2D eigenvalue weighted by Crippen LogP contribution is -2.43. The molecular formula is C27H34N4O4. The van der Waals surface area contributed by atoms with Crippen LogP contribution < -0.4 is 26.6 Å². The monoisotopic (exact) mass is 478 g/mol. The van der Waals surface area contributed by atoms with Gasteiger partial charge in [0.25, 0.3) is 11.5 Å². The Morgan fingerprint density at radius 1 is 1.03 bits per heavy atom. The predicted octanol–water partition coefficient (Wildman–Crippen LogP) is 3.75. The number of aromatic amines is 1. The van der Waals surface area contributed by atoms with E-state index in [0.29, 0.717) is 12.2 Å². The van der Waals surface area contributed by atoms with Crippen molar-refractivity contribution in [2.75, 3.05) is 23.8 Å². The number of rotatable bonds is 10. The van der Waals surface area contributed by atoms with Gasteiger partial charge in [0, 0.05) is 6.54 Å². The molecule has 3 rings (SSSR count). The summed E-state index contributed by atoms with van der Waals surface area (Å²) in [5, 5.41) is 0. The third-order valence-electron chi connectivity index (χ3n) is 5.79. The van der Waals surface area contributed by atoms with Crippen molar-refractivity contribution in [2.45, 2.75) is 46.6 Å². The van der Waals surface area contributed by atoms with Crippen LogP contribution in [-0.4, -0.2) is 28.6 Å². The lowest BCUT2D eigenvalue weighted by molar-refractivity contribution is -0.120. The minimum absolute atomic E-state index is 0.0353. The molecule has 8 heteroatoms. The summed E-state index contributed by atoms with van der Waals surface area (Å²) in [6.07, 6.45) is 0.644. The zero-order valence-corrected chi connectivity index (χ0v) is 20.8. The number of aromatic nitrogens is 2. The zero-order valence-electron chi connectivity index (χ0n) is 20.8. The highest BCUT2D eigenvalue weighted by Gasteiger charge is 2.25. The summed E-state index contributed by atoms with van der Waals surface area (Å²) in [5.74, 6) is 0.658. The first-order valence-corrected chi connectivity index (χ1v) is 11.9. The fourth-order valence-electron chi connectivity index (χ4n) is 3.82. The summed E-state index contributed by atoms with van der Waals surface area (Å²) in [7, 11) is 0. The average Bonchev–Trinajstić information content (AvgIpc) is 2.82. The second kappa shape index (κ2) is 11.6. The standard InChI is InChI=1S/C27H34N4O4/c1-18(2)14-15-30(23(32)17-35-22-13-9-8-12-21(22)19(3)4)24-25(28)31(27(34)29-26(24)33)16-20-10-6-5-7-11-20/h5-13,18-19H,14-17,28H2,1-4H3,(H,29,33,34). The van der Waals surface area contributed by atoms with Gasteiger partial charge in [-0.3, -0.25) is 19.1 Å². The van der Waals surface area contributed by atoms with Crippen LogP contribution in [0.5, 0.6) is 5.75 Å². The van der Waals surface area contributed by atoms with E-state index in [4.69, 9.17) is 10.5 Å². The molecule has 1 heterocycles. The molecule has 35 heavy (non-hydrogen) atoms. The number of anilines is 2. The van der Waals surface area contributed by atoms with E-state index in [9.17, 15) is 14.4 Å². The minimum Gasteiger partial charge on any atom is -0.483 e. The maximum absolute atomic E-state index is 13.4. The quantitative estimate of drug-likeness (QED) is 0.461. The van der Waals surface area contributed by atoms with E-state index in [2.05, 4.69) is 18.8 Å². The van der Waals surface area contributed by atoms with Gasteiger partial charge in [0.15, 0.2) is 12.3 Å². The molecule has 8 nitrogen and oxygen atoms in total. The van der Waals surface area contributed by atoms with Gasteiger partial charge in [-0.15, -0.1) is 0 Å². The van der Waals surface area contributed by atoms with Crippen molar-refractivity contribution < 1.29 is 9.53 Å². The molecule has 0 aliphatic heterocycles. The number of para-hydroxylation sites is 1. The lowest BCUT2D eigenvalue weighted by atomic mass is 10.0. The molecule has 0 atom stereocenters. The summed E-state index contributed by atoms with van der Waals surface area (Å²) in [5.41, 5.74) is 6.83. The second-order valence-corrected chi connectivity index (χ2v) is 9.27. The van der Waals surface area contributed by atoms with Gasteiger partial charge in [0.2, 0.25) is 0 Å². The highest BCUT2D eigenvalue weighted by molar-refractivity contribution is 5.96. The Morgan fingerprint density at radius 3 is 2.34 bits per heavy atom. The molecule has 2 aromatic carbocycles. The number of nitrogen functional groups attached to an aromatic ring is 1. The molecule has 3 aromatic rings. The van der Waals surface area contributed by atoms with Crippen LogP contribution in [0.1, 0.15) is 51.2 Å². The van der Waals surface area contributed by atoms with Crippen LogP contribution >= 0.6 is 0 Å². The molecule has 1 amide bonds. The molecule has 0 bridgehead atoms. The smallest absolute Gasteiger partial charge is 0.330 e. The fraction of sp³-hybridized carbons (Fsp3) is 0.370. The fourth-order valence-corrected chi connectivity index (χ4v) is 3.82. The Bertz CT molecular complexity index is 1260. The number of carbonyl (C=O) groups excluding carboxylic acids is 1. The van der Waals surface area contributed by atoms with Crippen LogP contribution in [0.15, 0.2) is 64.2 Å². The molecule has 0 spiro atoms. The number of carbonyl (C=O) groups is 1. The van der Waals surface area contributed by atoms with Crippen LogP contribution in [0.25, 0.3) is 0 Å². The topological polar surface area (TPSA) is 110 Å². The van der Waals surface area contributed by atoms with E-state index in [1.807, 2.05) is 68.4 Å². The molecule has 0 unspecified atom stereocenters. The largest absolute Gasteiger partial charge is 0.483 e. The number of hydrogen-bond donors (Lipinski definition) is 2. The first-order chi connectivity index (χ1) is 16.7. The van der Waals surface area contributed by atoms with Crippen LogP contribution in [0.4, 0.5) is 11.5 Å². The number of ether oxygens (including phenoxy) is 1. The number of nitrogens with one attached hydrogen (secondary N) is 1. The van der Waals surface area contributed by atoms with Crippen molar-refractivity contribution in [3.63, 3.8) is 0 Å². The van der Waals surface area contributed by atoms with Gasteiger partial charge in [-0.25, -0.2) is 4.79 Å². The molecule has 0 aliphatic rings. The molecule has 186 valence electrons. The summed E-state index contributed by atoms with van der Waals surface area (Å²) >= 11 is 0. The second-order valence-electron chi connectivity index (χ2n) is 9.27. The normalized spacial score (nSPS) is 11.1. The number of benzene rings is 2. The van der Waals surface area contributed by atoms with E-state index in [1.54, 1.807) is 0 Å². The zero-order chi connectivity index (χ0) is 25.5. The Balaban J connectivity index is 1.96. The van der Waals surface area contributed by atoms with Gasteiger partial charge in [0.05, 0.1) is 6.54 Å². The maximum Gasteiger partial charge on any atom is 0.330 e. The molecule has 0 fully saturated rings. The van der Waals surface area contributed by atoms with E-state index in [-0.39, 0.29) is 43.0 Å². The van der Waals surface area contributed by atoms with E-state index >= 15 is 0 Å². The van der Waals surface area contributed by atoms with Crippen molar-refractivity contribution in [2.24, 2.45) is 5.92 Å². The average molecular weight is 479 g/mol. The number of nitrogens with two attached hydrogens (primary N) is 1. The first kappa shape index (κ1) is 25.8. The minimum atomic E-state index is -0.698. The number of H-pyrrole nitrogens is 1. The van der Waals surface area contributed by atoms with Gasteiger partial charge in [-0.1, -0.05) is 76.2 Å². The third-order valence-corrected chi connectivity index (χ3v) is 5.79. The molecule has 0 aliphatic carbocycles. The van der Waals surface area contributed by atoms with Gasteiger partial charge < -0.3 is 15.4 Å². The highest BCUT2D eigenvalue weighted by Crippen LogP contribution is 2.26. The number of hydrogen-bond acceptors (Lipinski definition) is 5. The molecule has 3 N–H and O–H groups in total. The van der Waals surface area contributed by atoms with Gasteiger partial charge in [0.1, 0.15) is 11.6 Å².